The Morgan fingerprint density at radius 2 is 1.78 bits per heavy atom. The lowest BCUT2D eigenvalue weighted by Gasteiger charge is -2.37. The molecule has 1 atom stereocenters. The van der Waals surface area contributed by atoms with E-state index in [1.165, 1.54) is 37.1 Å². The minimum absolute atomic E-state index is 0.0817. The van der Waals surface area contributed by atoms with E-state index in [0.29, 0.717) is 31.9 Å². The normalized spacial score (nSPS) is 25.1. The molecule has 1 aromatic carbocycles. The van der Waals surface area contributed by atoms with Gasteiger partial charge in [0, 0.05) is 43.3 Å². The fraction of sp³-hybridized carbons (Fsp3) is 0.619. The van der Waals surface area contributed by atoms with Crippen molar-refractivity contribution in [3.05, 3.63) is 35.6 Å². The molecule has 5 nitrogen and oxygen atoms in total. The molecule has 3 fully saturated rings. The van der Waals surface area contributed by atoms with Gasteiger partial charge >= 0.3 is 0 Å². The molecule has 0 radical (unpaired) electrons. The number of likely N-dealkylation sites (tertiary alicyclic amines) is 1. The Hall–Kier alpha value is -1.95. The Morgan fingerprint density at radius 3 is 2.44 bits per heavy atom. The fourth-order valence-corrected chi connectivity index (χ4v) is 4.92. The van der Waals surface area contributed by atoms with E-state index in [2.05, 4.69) is 5.32 Å². The highest BCUT2D eigenvalue weighted by molar-refractivity contribution is 5.95. The Kier molecular flexibility index (Phi) is 5.17. The lowest BCUT2D eigenvalue weighted by molar-refractivity contribution is -0.130. The molecule has 0 aromatic heterocycles. The van der Waals surface area contributed by atoms with Crippen molar-refractivity contribution in [1.29, 1.82) is 0 Å². The molecule has 2 heterocycles. The van der Waals surface area contributed by atoms with E-state index in [9.17, 15) is 14.0 Å². The van der Waals surface area contributed by atoms with Crippen LogP contribution >= 0.6 is 0 Å². The molecule has 2 aliphatic heterocycles. The van der Waals surface area contributed by atoms with Crippen LogP contribution in [0.1, 0.15) is 48.9 Å². The molecule has 1 aliphatic carbocycles. The van der Waals surface area contributed by atoms with Crippen LogP contribution in [0.5, 0.6) is 0 Å². The van der Waals surface area contributed by atoms with Gasteiger partial charge in [-0.3, -0.25) is 9.59 Å². The van der Waals surface area contributed by atoms with E-state index in [4.69, 9.17) is 4.74 Å². The summed E-state index contributed by atoms with van der Waals surface area (Å²) in [6.45, 7) is 2.25. The van der Waals surface area contributed by atoms with E-state index in [-0.39, 0.29) is 35.0 Å². The largest absolute Gasteiger partial charge is 0.381 e. The zero-order valence-corrected chi connectivity index (χ0v) is 15.6. The maximum Gasteiger partial charge on any atom is 0.253 e. The molecule has 1 spiro atoms. The van der Waals surface area contributed by atoms with Crippen molar-refractivity contribution in [2.75, 3.05) is 26.3 Å². The predicted molar refractivity (Wildman–Crippen MR) is 98.7 cm³/mol. The summed E-state index contributed by atoms with van der Waals surface area (Å²) < 4.78 is 18.7. The molecule has 1 aromatic rings. The number of hydrogen-bond donors (Lipinski definition) is 1. The number of halogens is 1. The van der Waals surface area contributed by atoms with E-state index in [1.54, 1.807) is 4.90 Å². The number of carbonyl (C=O) groups is 2. The summed E-state index contributed by atoms with van der Waals surface area (Å²) in [5, 5.41) is 3.23. The van der Waals surface area contributed by atoms with Gasteiger partial charge in [0.2, 0.25) is 5.91 Å². The second kappa shape index (κ2) is 7.58. The highest BCUT2D eigenvalue weighted by atomic mass is 19.1. The first-order valence-corrected chi connectivity index (χ1v) is 10.0. The maximum atomic E-state index is 13.2. The highest BCUT2D eigenvalue weighted by Crippen LogP contribution is 2.45. The van der Waals surface area contributed by atoms with Crippen LogP contribution in [0.15, 0.2) is 24.3 Å². The lowest BCUT2D eigenvalue weighted by atomic mass is 9.71. The predicted octanol–water partition coefficient (Wildman–Crippen LogP) is 2.75. The first kappa shape index (κ1) is 18.4. The van der Waals surface area contributed by atoms with Gasteiger partial charge in [-0.15, -0.1) is 0 Å². The van der Waals surface area contributed by atoms with Crippen LogP contribution < -0.4 is 5.32 Å². The summed E-state index contributed by atoms with van der Waals surface area (Å²) in [7, 11) is 0. The number of ether oxygens (including phenoxy) is 1. The Morgan fingerprint density at radius 1 is 1.11 bits per heavy atom. The van der Waals surface area contributed by atoms with Crippen LogP contribution in [0.2, 0.25) is 0 Å². The smallest absolute Gasteiger partial charge is 0.253 e. The average Bonchev–Trinajstić information content (AvgIpc) is 3.31. The Labute approximate surface area is 159 Å². The molecule has 0 bridgehead atoms. The van der Waals surface area contributed by atoms with Crippen molar-refractivity contribution in [3.63, 3.8) is 0 Å². The van der Waals surface area contributed by atoms with Gasteiger partial charge in [0.25, 0.3) is 5.91 Å². The zero-order valence-electron chi connectivity index (χ0n) is 15.6. The minimum atomic E-state index is -0.359. The van der Waals surface area contributed by atoms with Crippen molar-refractivity contribution in [2.24, 2.45) is 11.3 Å². The zero-order chi connectivity index (χ0) is 18.9. The summed E-state index contributed by atoms with van der Waals surface area (Å²) in [6, 6.07) is 5.91. The molecule has 27 heavy (non-hydrogen) atoms. The summed E-state index contributed by atoms with van der Waals surface area (Å²) >= 11 is 0. The number of amides is 2. The quantitative estimate of drug-likeness (QED) is 0.885. The SMILES string of the molecule is O=C(NC1CCCC1)C1CN(C(=O)c2ccc(F)cc2)CC12CCOCC2. The molecule has 2 amide bonds. The summed E-state index contributed by atoms with van der Waals surface area (Å²) in [4.78, 5) is 27.8. The molecule has 2 saturated heterocycles. The maximum absolute atomic E-state index is 13.2. The summed E-state index contributed by atoms with van der Waals surface area (Å²) in [5.74, 6) is -0.607. The van der Waals surface area contributed by atoms with Gasteiger partial charge < -0.3 is 15.0 Å². The third-order valence-corrected chi connectivity index (χ3v) is 6.53. The number of carbonyl (C=O) groups excluding carboxylic acids is 2. The van der Waals surface area contributed by atoms with E-state index < -0.39 is 0 Å². The van der Waals surface area contributed by atoms with E-state index >= 15 is 0 Å². The van der Waals surface area contributed by atoms with Crippen molar-refractivity contribution >= 4 is 11.8 Å². The number of nitrogens with zero attached hydrogens (tertiary/aromatic N) is 1. The summed E-state index contributed by atoms with van der Waals surface area (Å²) in [5.41, 5.74) is 0.256. The average molecular weight is 374 g/mol. The topological polar surface area (TPSA) is 58.6 Å². The van der Waals surface area contributed by atoms with Crippen LogP contribution in [-0.2, 0) is 9.53 Å². The van der Waals surface area contributed by atoms with Gasteiger partial charge in [-0.2, -0.15) is 0 Å². The van der Waals surface area contributed by atoms with Crippen molar-refractivity contribution in [1.82, 2.24) is 10.2 Å². The molecule has 1 N–H and O–H groups in total. The first-order valence-electron chi connectivity index (χ1n) is 10.0. The Bertz CT molecular complexity index is 694. The van der Waals surface area contributed by atoms with Crippen LogP contribution in [-0.4, -0.2) is 49.1 Å². The third kappa shape index (κ3) is 3.72. The first-order chi connectivity index (χ1) is 13.1. The minimum Gasteiger partial charge on any atom is -0.381 e. The van der Waals surface area contributed by atoms with Crippen molar-refractivity contribution in [3.8, 4) is 0 Å². The van der Waals surface area contributed by atoms with Crippen molar-refractivity contribution < 1.29 is 18.7 Å². The summed E-state index contributed by atoms with van der Waals surface area (Å²) in [6.07, 6.45) is 6.03. The highest BCUT2D eigenvalue weighted by Gasteiger charge is 2.52. The molecule has 146 valence electrons. The van der Waals surface area contributed by atoms with Crippen LogP contribution in [0, 0.1) is 17.2 Å². The van der Waals surface area contributed by atoms with Gasteiger partial charge in [-0.05, 0) is 49.9 Å². The van der Waals surface area contributed by atoms with Crippen LogP contribution in [0.4, 0.5) is 4.39 Å². The van der Waals surface area contributed by atoms with Gasteiger partial charge in [0.15, 0.2) is 0 Å². The molecule has 1 unspecified atom stereocenters. The Balaban J connectivity index is 1.52. The number of nitrogens with one attached hydrogen (secondary N) is 1. The molecule has 4 rings (SSSR count). The van der Waals surface area contributed by atoms with Gasteiger partial charge in [-0.25, -0.2) is 4.39 Å². The number of rotatable bonds is 3. The molecular weight excluding hydrogens is 347 g/mol. The molecule has 6 heteroatoms. The van der Waals surface area contributed by atoms with Crippen molar-refractivity contribution in [2.45, 2.75) is 44.6 Å². The molecule has 1 saturated carbocycles. The van der Waals surface area contributed by atoms with Gasteiger partial charge in [0.1, 0.15) is 5.82 Å². The molecule has 3 aliphatic rings. The van der Waals surface area contributed by atoms with Gasteiger partial charge in [-0.1, -0.05) is 12.8 Å². The lowest BCUT2D eigenvalue weighted by Crippen LogP contribution is -2.46. The standard InChI is InChI=1S/C21H27FN2O3/c22-16-7-5-15(6-8-16)20(26)24-13-18(19(25)23-17-3-1-2-4-17)21(14-24)9-11-27-12-10-21/h5-8,17-18H,1-4,9-14H2,(H,23,25). The number of benzene rings is 1. The van der Waals surface area contributed by atoms with Crippen LogP contribution in [0.3, 0.4) is 0 Å². The monoisotopic (exact) mass is 374 g/mol. The van der Waals surface area contributed by atoms with E-state index in [1.807, 2.05) is 0 Å². The second-order valence-corrected chi connectivity index (χ2v) is 8.21. The number of hydrogen-bond acceptors (Lipinski definition) is 3. The van der Waals surface area contributed by atoms with Crippen LogP contribution in [0.25, 0.3) is 0 Å². The van der Waals surface area contributed by atoms with E-state index in [0.717, 1.165) is 25.7 Å². The fourth-order valence-electron chi connectivity index (χ4n) is 4.92. The van der Waals surface area contributed by atoms with Gasteiger partial charge in [0.05, 0.1) is 5.92 Å². The second-order valence-electron chi connectivity index (χ2n) is 8.21. The molecular formula is C21H27FN2O3. The third-order valence-electron chi connectivity index (χ3n) is 6.53.